The first-order valence-corrected chi connectivity index (χ1v) is 5.53. The van der Waals surface area contributed by atoms with Crippen LogP contribution >= 0.6 is 0 Å². The fraction of sp³-hybridized carbons (Fsp3) is 0. The molecule has 0 radical (unpaired) electrons. The van der Waals surface area contributed by atoms with Crippen molar-refractivity contribution in [2.24, 2.45) is 0 Å². The zero-order chi connectivity index (χ0) is 13.7. The molecular formula is C14H11NO4. The average molecular weight is 257 g/mol. The topological polar surface area (TPSA) is 75.6 Å². The maximum atomic E-state index is 11.7. The molecule has 0 fully saturated rings. The molecule has 0 aromatic heterocycles. The van der Waals surface area contributed by atoms with Crippen LogP contribution in [0.5, 0.6) is 5.75 Å². The van der Waals surface area contributed by atoms with Gasteiger partial charge in [0.25, 0.3) is 5.91 Å². The Hall–Kier alpha value is -2.82. The van der Waals surface area contributed by atoms with Crippen LogP contribution in [0.1, 0.15) is 20.7 Å². The van der Waals surface area contributed by atoms with Crippen molar-refractivity contribution in [3.63, 3.8) is 0 Å². The molecule has 1 amide bonds. The van der Waals surface area contributed by atoms with E-state index in [0.717, 1.165) is 0 Å². The molecule has 0 bridgehead atoms. The van der Waals surface area contributed by atoms with Gasteiger partial charge in [-0.3, -0.25) is 4.79 Å². The highest BCUT2D eigenvalue weighted by atomic mass is 16.7. The number of amides is 1. The van der Waals surface area contributed by atoms with Gasteiger partial charge in [-0.2, -0.15) is 5.48 Å². The van der Waals surface area contributed by atoms with Gasteiger partial charge in [-0.05, 0) is 24.3 Å². The Balaban J connectivity index is 2.07. The maximum Gasteiger partial charge on any atom is 0.339 e. The molecule has 0 aliphatic carbocycles. The van der Waals surface area contributed by atoms with Gasteiger partial charge in [0.15, 0.2) is 5.75 Å². The summed E-state index contributed by atoms with van der Waals surface area (Å²) in [4.78, 5) is 27.7. The molecule has 0 aliphatic heterocycles. The number of aromatic carboxylic acids is 1. The molecule has 96 valence electrons. The second-order valence-electron chi connectivity index (χ2n) is 3.70. The maximum absolute atomic E-state index is 11.7. The number of carbonyl (C=O) groups is 2. The number of hydrogen-bond donors (Lipinski definition) is 2. The lowest BCUT2D eigenvalue weighted by Gasteiger charge is -2.09. The van der Waals surface area contributed by atoms with Gasteiger partial charge in [0.2, 0.25) is 0 Å². The number of para-hydroxylation sites is 1. The van der Waals surface area contributed by atoms with Crippen molar-refractivity contribution < 1.29 is 19.5 Å². The first-order valence-electron chi connectivity index (χ1n) is 5.53. The van der Waals surface area contributed by atoms with Crippen LogP contribution in [-0.2, 0) is 0 Å². The van der Waals surface area contributed by atoms with Crippen LogP contribution in [0.3, 0.4) is 0 Å². The summed E-state index contributed by atoms with van der Waals surface area (Å²) in [5.41, 5.74) is 2.62. The molecule has 0 spiro atoms. The Morgan fingerprint density at radius 3 is 2.26 bits per heavy atom. The fourth-order valence-corrected chi connectivity index (χ4v) is 1.48. The van der Waals surface area contributed by atoms with Gasteiger partial charge < -0.3 is 9.94 Å². The van der Waals surface area contributed by atoms with E-state index in [4.69, 9.17) is 9.94 Å². The third-order valence-corrected chi connectivity index (χ3v) is 2.41. The molecule has 0 atom stereocenters. The fourth-order valence-electron chi connectivity index (χ4n) is 1.48. The van der Waals surface area contributed by atoms with Gasteiger partial charge in [-0.25, -0.2) is 4.79 Å². The average Bonchev–Trinajstić information content (AvgIpc) is 2.46. The minimum atomic E-state index is -1.12. The first kappa shape index (κ1) is 12.6. The number of hydrogen-bond acceptors (Lipinski definition) is 3. The molecule has 2 rings (SSSR count). The predicted molar refractivity (Wildman–Crippen MR) is 67.9 cm³/mol. The SMILES string of the molecule is O=C(NOc1ccccc1C(=O)O)c1ccccc1. The Morgan fingerprint density at radius 1 is 0.947 bits per heavy atom. The zero-order valence-corrected chi connectivity index (χ0v) is 9.87. The quantitative estimate of drug-likeness (QED) is 0.822. The number of benzene rings is 2. The van der Waals surface area contributed by atoms with Crippen molar-refractivity contribution in [1.82, 2.24) is 5.48 Å². The van der Waals surface area contributed by atoms with Gasteiger partial charge in [0, 0.05) is 5.56 Å². The Bertz CT molecular complexity index is 595. The van der Waals surface area contributed by atoms with E-state index in [0.29, 0.717) is 5.56 Å². The van der Waals surface area contributed by atoms with Crippen LogP contribution in [0.4, 0.5) is 0 Å². The minimum absolute atomic E-state index is 0.0177. The van der Waals surface area contributed by atoms with E-state index >= 15 is 0 Å². The molecule has 2 aromatic rings. The van der Waals surface area contributed by atoms with Crippen molar-refractivity contribution >= 4 is 11.9 Å². The van der Waals surface area contributed by atoms with E-state index in [1.54, 1.807) is 42.5 Å². The van der Waals surface area contributed by atoms with Crippen LogP contribution in [0.25, 0.3) is 0 Å². The molecule has 0 heterocycles. The summed E-state index contributed by atoms with van der Waals surface area (Å²) in [6.07, 6.45) is 0. The highest BCUT2D eigenvalue weighted by Gasteiger charge is 2.12. The van der Waals surface area contributed by atoms with Crippen LogP contribution in [-0.4, -0.2) is 17.0 Å². The summed E-state index contributed by atoms with van der Waals surface area (Å²) < 4.78 is 0. The normalized spacial score (nSPS) is 9.68. The van der Waals surface area contributed by atoms with E-state index < -0.39 is 11.9 Å². The lowest BCUT2D eigenvalue weighted by atomic mass is 10.2. The summed E-state index contributed by atoms with van der Waals surface area (Å²) in [6.45, 7) is 0. The minimum Gasteiger partial charge on any atom is -0.478 e. The Labute approximate surface area is 109 Å². The number of carboxylic acid groups (broad SMARTS) is 1. The van der Waals surface area contributed by atoms with E-state index in [2.05, 4.69) is 5.48 Å². The van der Waals surface area contributed by atoms with Crippen molar-refractivity contribution in [1.29, 1.82) is 0 Å². The largest absolute Gasteiger partial charge is 0.478 e. The van der Waals surface area contributed by atoms with Gasteiger partial charge in [-0.15, -0.1) is 0 Å². The third-order valence-electron chi connectivity index (χ3n) is 2.41. The second kappa shape index (κ2) is 5.68. The summed E-state index contributed by atoms with van der Waals surface area (Å²) in [6, 6.07) is 14.5. The van der Waals surface area contributed by atoms with Crippen LogP contribution in [0.2, 0.25) is 0 Å². The van der Waals surface area contributed by atoms with E-state index in [9.17, 15) is 9.59 Å². The molecule has 19 heavy (non-hydrogen) atoms. The monoisotopic (exact) mass is 257 g/mol. The predicted octanol–water partition coefficient (Wildman–Crippen LogP) is 2.11. The number of nitrogens with one attached hydrogen (secondary N) is 1. The van der Waals surface area contributed by atoms with Gasteiger partial charge in [-0.1, -0.05) is 30.3 Å². The van der Waals surface area contributed by atoms with Crippen molar-refractivity contribution in [2.45, 2.75) is 0 Å². The first-order chi connectivity index (χ1) is 9.18. The van der Waals surface area contributed by atoms with Crippen LogP contribution in [0.15, 0.2) is 54.6 Å². The van der Waals surface area contributed by atoms with Gasteiger partial charge in [0.1, 0.15) is 5.56 Å². The lowest BCUT2D eigenvalue weighted by Crippen LogP contribution is -2.27. The van der Waals surface area contributed by atoms with E-state index in [1.807, 2.05) is 0 Å². The standard InChI is InChI=1S/C14H11NO4/c16-13(10-6-2-1-3-7-10)15-19-12-9-5-4-8-11(12)14(17)18/h1-9H,(H,15,16)(H,17,18). The lowest BCUT2D eigenvalue weighted by molar-refractivity contribution is 0.0666. The Kier molecular flexibility index (Phi) is 3.78. The smallest absolute Gasteiger partial charge is 0.339 e. The third kappa shape index (κ3) is 3.10. The number of carboxylic acids is 1. The number of carbonyl (C=O) groups excluding carboxylic acids is 1. The highest BCUT2D eigenvalue weighted by molar-refractivity contribution is 5.94. The molecule has 0 aliphatic rings. The molecule has 2 aromatic carbocycles. The van der Waals surface area contributed by atoms with E-state index in [1.165, 1.54) is 12.1 Å². The number of hydroxylamine groups is 1. The van der Waals surface area contributed by atoms with Crippen LogP contribution < -0.4 is 10.3 Å². The molecular weight excluding hydrogens is 246 g/mol. The molecule has 0 saturated heterocycles. The molecule has 0 saturated carbocycles. The summed E-state index contributed by atoms with van der Waals surface area (Å²) in [5, 5.41) is 8.96. The van der Waals surface area contributed by atoms with Crippen LogP contribution in [0, 0.1) is 0 Å². The number of rotatable bonds is 4. The van der Waals surface area contributed by atoms with E-state index in [-0.39, 0.29) is 11.3 Å². The molecule has 5 nitrogen and oxygen atoms in total. The van der Waals surface area contributed by atoms with Gasteiger partial charge in [0.05, 0.1) is 0 Å². The zero-order valence-electron chi connectivity index (χ0n) is 9.87. The van der Waals surface area contributed by atoms with Crippen molar-refractivity contribution in [3.05, 3.63) is 65.7 Å². The Morgan fingerprint density at radius 2 is 1.58 bits per heavy atom. The highest BCUT2D eigenvalue weighted by Crippen LogP contribution is 2.16. The molecule has 2 N–H and O–H groups in total. The summed E-state index contributed by atoms with van der Waals surface area (Å²) >= 11 is 0. The van der Waals surface area contributed by atoms with Gasteiger partial charge >= 0.3 is 5.97 Å². The summed E-state index contributed by atoms with van der Waals surface area (Å²) in [5.74, 6) is -1.48. The molecule has 0 unspecified atom stereocenters. The van der Waals surface area contributed by atoms with Crippen molar-refractivity contribution in [2.75, 3.05) is 0 Å². The summed E-state index contributed by atoms with van der Waals surface area (Å²) in [7, 11) is 0. The second-order valence-corrected chi connectivity index (χ2v) is 3.70. The molecule has 5 heteroatoms. The van der Waals surface area contributed by atoms with Crippen molar-refractivity contribution in [3.8, 4) is 5.75 Å².